The molecule has 0 spiro atoms. The van der Waals surface area contributed by atoms with Crippen LogP contribution in [0.2, 0.25) is 10.0 Å². The summed E-state index contributed by atoms with van der Waals surface area (Å²) in [6.07, 6.45) is 0. The van der Waals surface area contributed by atoms with Crippen molar-refractivity contribution in [1.82, 2.24) is 14.5 Å². The third kappa shape index (κ3) is 2.67. The number of hydrogen-bond acceptors (Lipinski definition) is 3. The fourth-order valence-electron chi connectivity index (χ4n) is 2.13. The summed E-state index contributed by atoms with van der Waals surface area (Å²) in [5, 5.41) is 1.06. The van der Waals surface area contributed by atoms with Crippen molar-refractivity contribution < 1.29 is 4.74 Å². The van der Waals surface area contributed by atoms with Gasteiger partial charge in [0.15, 0.2) is 5.65 Å². The van der Waals surface area contributed by atoms with Gasteiger partial charge in [-0.15, -0.1) is 11.6 Å². The van der Waals surface area contributed by atoms with Crippen molar-refractivity contribution >= 4 is 46.0 Å². The maximum Gasteiger partial charge on any atom is 0.215 e. The minimum absolute atomic E-state index is 0.239. The van der Waals surface area contributed by atoms with Crippen LogP contribution in [0.4, 0.5) is 0 Å². The minimum Gasteiger partial charge on any atom is -0.481 e. The average molecular weight is 343 g/mol. The van der Waals surface area contributed by atoms with Gasteiger partial charge in [0.2, 0.25) is 5.88 Å². The second-order valence-electron chi connectivity index (χ2n) is 4.32. The first-order valence-electron chi connectivity index (χ1n) is 6.07. The summed E-state index contributed by atoms with van der Waals surface area (Å²) >= 11 is 18.2. The van der Waals surface area contributed by atoms with Gasteiger partial charge < -0.3 is 4.74 Å². The van der Waals surface area contributed by atoms with E-state index in [9.17, 15) is 0 Å². The Bertz CT molecular complexity index is 796. The van der Waals surface area contributed by atoms with E-state index in [0.717, 1.165) is 11.2 Å². The van der Waals surface area contributed by atoms with E-state index in [-0.39, 0.29) is 5.88 Å². The van der Waals surface area contributed by atoms with Crippen LogP contribution < -0.4 is 4.74 Å². The van der Waals surface area contributed by atoms with E-state index in [4.69, 9.17) is 39.5 Å². The van der Waals surface area contributed by atoms with Crippen LogP contribution in [0, 0.1) is 0 Å². The van der Waals surface area contributed by atoms with E-state index in [2.05, 4.69) is 9.97 Å². The summed E-state index contributed by atoms with van der Waals surface area (Å²) < 4.78 is 6.99. The van der Waals surface area contributed by atoms with Crippen LogP contribution in [0.3, 0.4) is 0 Å². The number of alkyl halides is 1. The lowest BCUT2D eigenvalue weighted by atomic mass is 10.3. The number of halogens is 3. The molecule has 108 valence electrons. The molecule has 0 saturated carbocycles. The molecule has 2 aromatic heterocycles. The number of benzene rings is 1. The number of rotatable bonds is 3. The zero-order valence-corrected chi connectivity index (χ0v) is 13.2. The molecule has 0 N–H and O–H groups in total. The van der Waals surface area contributed by atoms with Crippen molar-refractivity contribution in [3.63, 3.8) is 0 Å². The normalized spacial score (nSPS) is 11.0. The molecule has 3 rings (SSSR count). The van der Waals surface area contributed by atoms with Gasteiger partial charge in [-0.1, -0.05) is 23.2 Å². The predicted octanol–water partition coefficient (Wildman–Crippen LogP) is 4.47. The van der Waals surface area contributed by atoms with Crippen LogP contribution in [0.5, 0.6) is 5.88 Å². The Morgan fingerprint density at radius 1 is 1.10 bits per heavy atom. The van der Waals surface area contributed by atoms with Gasteiger partial charge in [-0.2, -0.15) is 4.98 Å². The van der Waals surface area contributed by atoms with E-state index in [1.54, 1.807) is 31.4 Å². The van der Waals surface area contributed by atoms with E-state index in [0.29, 0.717) is 27.4 Å². The number of aromatic nitrogens is 3. The predicted molar refractivity (Wildman–Crippen MR) is 85.0 cm³/mol. The van der Waals surface area contributed by atoms with Crippen LogP contribution in [-0.2, 0) is 5.88 Å². The molecule has 2 heterocycles. The molecular weight excluding hydrogens is 333 g/mol. The van der Waals surface area contributed by atoms with Crippen LogP contribution in [0.15, 0.2) is 30.3 Å². The molecule has 0 aliphatic carbocycles. The Morgan fingerprint density at radius 2 is 1.81 bits per heavy atom. The summed E-state index contributed by atoms with van der Waals surface area (Å²) in [6.45, 7) is 0. The molecule has 0 fully saturated rings. The maximum atomic E-state index is 6.08. The van der Waals surface area contributed by atoms with Gasteiger partial charge in [0, 0.05) is 16.1 Å². The van der Waals surface area contributed by atoms with Gasteiger partial charge in [0.05, 0.1) is 18.7 Å². The summed E-state index contributed by atoms with van der Waals surface area (Å²) in [5.74, 6) is 1.40. The molecule has 0 aliphatic heterocycles. The number of methoxy groups -OCH3 is 1. The zero-order valence-electron chi connectivity index (χ0n) is 11.0. The fraction of sp³-hybridized carbons (Fsp3) is 0.143. The maximum absolute atomic E-state index is 6.08. The first-order valence-corrected chi connectivity index (χ1v) is 7.36. The quantitative estimate of drug-likeness (QED) is 0.659. The second kappa shape index (κ2) is 5.72. The number of fused-ring (bicyclic) bond motifs is 1. The molecule has 3 aromatic rings. The highest BCUT2D eigenvalue weighted by molar-refractivity contribution is 6.34. The summed E-state index contributed by atoms with van der Waals surface area (Å²) in [5.41, 5.74) is 2.12. The second-order valence-corrected chi connectivity index (χ2v) is 5.46. The monoisotopic (exact) mass is 341 g/mol. The highest BCUT2D eigenvalue weighted by Gasteiger charge is 2.14. The Hall–Kier alpha value is -1.49. The lowest BCUT2D eigenvalue weighted by molar-refractivity contribution is 0.399. The van der Waals surface area contributed by atoms with E-state index in [1.165, 1.54) is 0 Å². The Labute approximate surface area is 136 Å². The number of nitrogens with zero attached hydrogens (tertiary/aromatic N) is 3. The van der Waals surface area contributed by atoms with Crippen molar-refractivity contribution in [2.75, 3.05) is 7.11 Å². The molecule has 1 aromatic carbocycles. The van der Waals surface area contributed by atoms with Crippen LogP contribution in [-0.4, -0.2) is 21.6 Å². The van der Waals surface area contributed by atoms with E-state index < -0.39 is 0 Å². The van der Waals surface area contributed by atoms with Gasteiger partial charge >= 0.3 is 0 Å². The first-order chi connectivity index (χ1) is 10.1. The van der Waals surface area contributed by atoms with Crippen molar-refractivity contribution in [2.45, 2.75) is 5.88 Å². The van der Waals surface area contributed by atoms with Crippen molar-refractivity contribution in [2.24, 2.45) is 0 Å². The SMILES string of the molecule is COc1ccc2nc(CCl)n(-c3cc(Cl)cc(Cl)c3)c2n1. The summed E-state index contributed by atoms with van der Waals surface area (Å²) in [6, 6.07) is 8.82. The zero-order chi connectivity index (χ0) is 15.0. The molecular formula is C14H10Cl3N3O. The molecule has 0 atom stereocenters. The number of ether oxygens (including phenoxy) is 1. The molecule has 0 unspecified atom stereocenters. The number of pyridine rings is 1. The summed E-state index contributed by atoms with van der Waals surface area (Å²) in [4.78, 5) is 8.90. The number of hydrogen-bond donors (Lipinski definition) is 0. The van der Waals surface area contributed by atoms with Gasteiger partial charge in [0.1, 0.15) is 11.3 Å². The van der Waals surface area contributed by atoms with Crippen LogP contribution in [0.1, 0.15) is 5.82 Å². The molecule has 0 aliphatic rings. The highest BCUT2D eigenvalue weighted by Crippen LogP contribution is 2.27. The lowest BCUT2D eigenvalue weighted by Crippen LogP contribution is -2.01. The van der Waals surface area contributed by atoms with Crippen molar-refractivity contribution in [3.8, 4) is 11.6 Å². The third-order valence-corrected chi connectivity index (χ3v) is 3.66. The fourth-order valence-corrected chi connectivity index (χ4v) is 2.82. The Morgan fingerprint density at radius 3 is 2.43 bits per heavy atom. The minimum atomic E-state index is 0.239. The molecule has 21 heavy (non-hydrogen) atoms. The molecule has 0 saturated heterocycles. The molecule has 4 nitrogen and oxygen atoms in total. The smallest absolute Gasteiger partial charge is 0.215 e. The van der Waals surface area contributed by atoms with E-state index >= 15 is 0 Å². The van der Waals surface area contributed by atoms with Gasteiger partial charge in [-0.05, 0) is 24.3 Å². The van der Waals surface area contributed by atoms with Crippen molar-refractivity contribution in [3.05, 3.63) is 46.2 Å². The lowest BCUT2D eigenvalue weighted by Gasteiger charge is -2.09. The average Bonchev–Trinajstić information content (AvgIpc) is 2.83. The molecule has 0 radical (unpaired) electrons. The Kier molecular flexibility index (Phi) is 3.93. The standard InChI is InChI=1S/C14H10Cl3N3O/c1-21-13-3-2-11-14(19-13)20(12(7-15)18-11)10-5-8(16)4-9(17)6-10/h2-6H,7H2,1H3. The molecule has 0 bridgehead atoms. The van der Waals surface area contributed by atoms with Crippen molar-refractivity contribution in [1.29, 1.82) is 0 Å². The van der Waals surface area contributed by atoms with Gasteiger partial charge in [0.25, 0.3) is 0 Å². The van der Waals surface area contributed by atoms with Gasteiger partial charge in [-0.25, -0.2) is 4.98 Å². The third-order valence-electron chi connectivity index (χ3n) is 2.98. The topological polar surface area (TPSA) is 39.9 Å². The molecule has 7 heteroatoms. The van der Waals surface area contributed by atoms with E-state index in [1.807, 2.05) is 10.6 Å². The highest BCUT2D eigenvalue weighted by atomic mass is 35.5. The van der Waals surface area contributed by atoms with Gasteiger partial charge in [-0.3, -0.25) is 4.57 Å². The number of imidazole rings is 1. The molecule has 0 amide bonds. The van der Waals surface area contributed by atoms with Crippen LogP contribution >= 0.6 is 34.8 Å². The van der Waals surface area contributed by atoms with Crippen LogP contribution in [0.25, 0.3) is 16.9 Å². The summed E-state index contributed by atoms with van der Waals surface area (Å²) in [7, 11) is 1.56. The Balaban J connectivity index is 2.32. The first kappa shape index (κ1) is 14.4. The largest absolute Gasteiger partial charge is 0.481 e.